The Morgan fingerprint density at radius 2 is 1.94 bits per heavy atom. The molecule has 1 N–H and O–H groups in total. The predicted octanol–water partition coefficient (Wildman–Crippen LogP) is 2.84. The first-order chi connectivity index (χ1) is 8.15. The quantitative estimate of drug-likeness (QED) is 0.882. The van der Waals surface area contributed by atoms with E-state index in [-0.39, 0.29) is 5.82 Å². The van der Waals surface area contributed by atoms with E-state index in [9.17, 15) is 4.39 Å². The highest BCUT2D eigenvalue weighted by Crippen LogP contribution is 2.12. The van der Waals surface area contributed by atoms with Crippen LogP contribution in [0.3, 0.4) is 0 Å². The van der Waals surface area contributed by atoms with Crippen molar-refractivity contribution in [2.24, 2.45) is 0 Å². The van der Waals surface area contributed by atoms with Crippen LogP contribution in [0, 0.1) is 19.7 Å². The average molecular weight is 231 g/mol. The van der Waals surface area contributed by atoms with Crippen LogP contribution in [-0.4, -0.2) is 10.2 Å². The second-order valence-corrected chi connectivity index (χ2v) is 3.98. The van der Waals surface area contributed by atoms with Gasteiger partial charge in [-0.1, -0.05) is 6.07 Å². The summed E-state index contributed by atoms with van der Waals surface area (Å²) in [7, 11) is 0. The fourth-order valence-corrected chi connectivity index (χ4v) is 1.54. The van der Waals surface area contributed by atoms with Crippen LogP contribution in [0.5, 0.6) is 0 Å². The third kappa shape index (κ3) is 3.00. The van der Waals surface area contributed by atoms with E-state index in [1.165, 1.54) is 12.1 Å². The van der Waals surface area contributed by atoms with Crippen molar-refractivity contribution in [3.05, 3.63) is 53.0 Å². The van der Waals surface area contributed by atoms with Gasteiger partial charge >= 0.3 is 0 Å². The maximum atomic E-state index is 12.9. The van der Waals surface area contributed by atoms with E-state index in [4.69, 9.17) is 0 Å². The molecular formula is C13H14FN3. The van der Waals surface area contributed by atoms with Gasteiger partial charge in [0.25, 0.3) is 0 Å². The maximum absolute atomic E-state index is 12.9. The summed E-state index contributed by atoms with van der Waals surface area (Å²) in [6.45, 7) is 4.39. The largest absolute Gasteiger partial charge is 0.364 e. The lowest BCUT2D eigenvalue weighted by atomic mass is 10.1. The Balaban J connectivity index is 2.04. The minimum Gasteiger partial charge on any atom is -0.364 e. The average Bonchev–Trinajstić information content (AvgIpc) is 2.30. The lowest BCUT2D eigenvalue weighted by Gasteiger charge is -2.08. The van der Waals surface area contributed by atoms with Gasteiger partial charge < -0.3 is 5.32 Å². The minimum absolute atomic E-state index is 0.207. The molecule has 0 saturated carbocycles. The number of anilines is 1. The number of rotatable bonds is 3. The number of hydrogen-bond donors (Lipinski definition) is 1. The van der Waals surface area contributed by atoms with Crippen molar-refractivity contribution in [1.29, 1.82) is 0 Å². The van der Waals surface area contributed by atoms with Gasteiger partial charge in [0.15, 0.2) is 0 Å². The van der Waals surface area contributed by atoms with Crippen LogP contribution < -0.4 is 5.32 Å². The van der Waals surface area contributed by atoms with E-state index in [1.807, 2.05) is 26.0 Å². The van der Waals surface area contributed by atoms with Crippen molar-refractivity contribution in [3.8, 4) is 0 Å². The number of nitrogens with one attached hydrogen (secondary N) is 1. The molecule has 0 aliphatic heterocycles. The highest BCUT2D eigenvalue weighted by molar-refractivity contribution is 5.36. The molecule has 3 nitrogen and oxygen atoms in total. The Kier molecular flexibility index (Phi) is 3.32. The highest BCUT2D eigenvalue weighted by atomic mass is 19.1. The molecule has 0 radical (unpaired) electrons. The Bertz CT molecular complexity index is 509. The van der Waals surface area contributed by atoms with Crippen molar-refractivity contribution in [2.45, 2.75) is 20.4 Å². The zero-order valence-electron chi connectivity index (χ0n) is 9.87. The molecular weight excluding hydrogens is 217 g/mol. The normalized spacial score (nSPS) is 10.3. The van der Waals surface area contributed by atoms with Gasteiger partial charge in [-0.05, 0) is 49.2 Å². The first-order valence-corrected chi connectivity index (χ1v) is 5.44. The summed E-state index contributed by atoms with van der Waals surface area (Å²) in [6.07, 6.45) is 0. The number of halogens is 1. The molecule has 0 atom stereocenters. The first kappa shape index (κ1) is 11.5. The number of aryl methyl sites for hydroxylation is 2. The Morgan fingerprint density at radius 1 is 1.12 bits per heavy atom. The highest BCUT2D eigenvalue weighted by Gasteiger charge is 2.00. The molecule has 0 amide bonds. The van der Waals surface area contributed by atoms with Gasteiger partial charge in [0.05, 0.1) is 5.69 Å². The van der Waals surface area contributed by atoms with Gasteiger partial charge in [-0.25, -0.2) is 4.39 Å². The van der Waals surface area contributed by atoms with Crippen LogP contribution in [0.4, 0.5) is 10.2 Å². The molecule has 1 heterocycles. The zero-order valence-corrected chi connectivity index (χ0v) is 9.87. The van der Waals surface area contributed by atoms with E-state index in [0.29, 0.717) is 6.54 Å². The van der Waals surface area contributed by atoms with Crippen molar-refractivity contribution in [3.63, 3.8) is 0 Å². The summed E-state index contributed by atoms with van der Waals surface area (Å²) in [5.41, 5.74) is 2.86. The molecule has 0 unspecified atom stereocenters. The summed E-state index contributed by atoms with van der Waals surface area (Å²) in [5, 5.41) is 11.1. The SMILES string of the molecule is Cc1ccc(NCc2ccc(F)cc2C)nn1. The third-order valence-electron chi connectivity index (χ3n) is 2.56. The summed E-state index contributed by atoms with van der Waals surface area (Å²) in [5.74, 6) is 0.515. The van der Waals surface area contributed by atoms with Crippen molar-refractivity contribution >= 4 is 5.82 Å². The van der Waals surface area contributed by atoms with E-state index in [0.717, 1.165) is 22.6 Å². The molecule has 1 aromatic heterocycles. The Labute approximate surface area is 99.7 Å². The summed E-state index contributed by atoms with van der Waals surface area (Å²) < 4.78 is 12.9. The second kappa shape index (κ2) is 4.91. The first-order valence-electron chi connectivity index (χ1n) is 5.44. The van der Waals surface area contributed by atoms with E-state index < -0.39 is 0 Å². The van der Waals surface area contributed by atoms with E-state index >= 15 is 0 Å². The number of hydrogen-bond acceptors (Lipinski definition) is 3. The fourth-order valence-electron chi connectivity index (χ4n) is 1.54. The van der Waals surface area contributed by atoms with Crippen LogP contribution in [0.15, 0.2) is 30.3 Å². The Hall–Kier alpha value is -1.97. The molecule has 0 aliphatic rings. The fraction of sp³-hybridized carbons (Fsp3) is 0.231. The molecule has 0 aliphatic carbocycles. The zero-order chi connectivity index (χ0) is 12.3. The van der Waals surface area contributed by atoms with Gasteiger partial charge in [0.2, 0.25) is 0 Å². The van der Waals surface area contributed by atoms with Gasteiger partial charge in [-0.3, -0.25) is 0 Å². The molecule has 0 spiro atoms. The summed E-state index contributed by atoms with van der Waals surface area (Å²) in [6, 6.07) is 8.54. The van der Waals surface area contributed by atoms with Crippen molar-refractivity contribution in [2.75, 3.05) is 5.32 Å². The number of aromatic nitrogens is 2. The number of nitrogens with zero attached hydrogens (tertiary/aromatic N) is 2. The second-order valence-electron chi connectivity index (χ2n) is 3.98. The van der Waals surface area contributed by atoms with Crippen LogP contribution >= 0.6 is 0 Å². The smallest absolute Gasteiger partial charge is 0.148 e. The Morgan fingerprint density at radius 3 is 2.59 bits per heavy atom. The molecule has 17 heavy (non-hydrogen) atoms. The summed E-state index contributed by atoms with van der Waals surface area (Å²) >= 11 is 0. The third-order valence-corrected chi connectivity index (χ3v) is 2.56. The van der Waals surface area contributed by atoms with Gasteiger partial charge in [-0.2, -0.15) is 5.10 Å². The van der Waals surface area contributed by atoms with Crippen molar-refractivity contribution < 1.29 is 4.39 Å². The molecule has 1 aromatic carbocycles. The summed E-state index contributed by atoms with van der Waals surface area (Å²) in [4.78, 5) is 0. The van der Waals surface area contributed by atoms with Gasteiger partial charge in [0.1, 0.15) is 11.6 Å². The lowest BCUT2D eigenvalue weighted by molar-refractivity contribution is 0.625. The van der Waals surface area contributed by atoms with Gasteiger partial charge in [-0.15, -0.1) is 5.10 Å². The van der Waals surface area contributed by atoms with Gasteiger partial charge in [0, 0.05) is 6.54 Å². The number of benzene rings is 1. The molecule has 0 fully saturated rings. The van der Waals surface area contributed by atoms with Crippen LogP contribution in [0.1, 0.15) is 16.8 Å². The lowest BCUT2D eigenvalue weighted by Crippen LogP contribution is -2.04. The molecule has 4 heteroatoms. The monoisotopic (exact) mass is 231 g/mol. The van der Waals surface area contributed by atoms with E-state index in [1.54, 1.807) is 6.07 Å². The standard InChI is InChI=1S/C13H14FN3/c1-9-7-12(14)5-4-11(9)8-15-13-6-3-10(2)16-17-13/h3-7H,8H2,1-2H3,(H,15,17). The van der Waals surface area contributed by atoms with E-state index in [2.05, 4.69) is 15.5 Å². The molecule has 88 valence electrons. The van der Waals surface area contributed by atoms with Crippen molar-refractivity contribution in [1.82, 2.24) is 10.2 Å². The molecule has 2 aromatic rings. The topological polar surface area (TPSA) is 37.8 Å². The van der Waals surface area contributed by atoms with Crippen LogP contribution in [0.2, 0.25) is 0 Å². The molecule has 2 rings (SSSR count). The minimum atomic E-state index is -0.207. The predicted molar refractivity (Wildman–Crippen MR) is 65.2 cm³/mol. The molecule has 0 bridgehead atoms. The van der Waals surface area contributed by atoms with Crippen LogP contribution in [-0.2, 0) is 6.54 Å². The van der Waals surface area contributed by atoms with Crippen LogP contribution in [0.25, 0.3) is 0 Å². The maximum Gasteiger partial charge on any atom is 0.148 e. The molecule has 0 saturated heterocycles.